The van der Waals surface area contributed by atoms with Crippen LogP contribution in [0, 0.1) is 17.5 Å². The Kier molecular flexibility index (Phi) is 4.83. The molecule has 5 nitrogen and oxygen atoms in total. The summed E-state index contributed by atoms with van der Waals surface area (Å²) in [6.07, 6.45) is 2.91. The van der Waals surface area contributed by atoms with Gasteiger partial charge in [-0.05, 0) is 39.3 Å². The van der Waals surface area contributed by atoms with E-state index in [0.29, 0.717) is 31.1 Å². The van der Waals surface area contributed by atoms with Crippen LogP contribution in [0.3, 0.4) is 0 Å². The fourth-order valence-electron chi connectivity index (χ4n) is 3.14. The van der Waals surface area contributed by atoms with Crippen molar-refractivity contribution in [1.29, 1.82) is 0 Å². The summed E-state index contributed by atoms with van der Waals surface area (Å²) in [6.45, 7) is 4.86. The first-order chi connectivity index (χ1) is 11.8. The first kappa shape index (κ1) is 17.9. The summed E-state index contributed by atoms with van der Waals surface area (Å²) in [4.78, 5) is 1.81. The molecule has 1 aromatic heterocycles. The van der Waals surface area contributed by atoms with Gasteiger partial charge in [0, 0.05) is 30.8 Å². The highest BCUT2D eigenvalue weighted by atomic mass is 19.2. The third-order valence-electron chi connectivity index (χ3n) is 4.55. The molecule has 1 aromatic carbocycles. The van der Waals surface area contributed by atoms with E-state index in [9.17, 15) is 18.3 Å². The number of hydrogen-bond donors (Lipinski definition) is 1. The minimum absolute atomic E-state index is 0.0639. The Labute approximate surface area is 144 Å². The van der Waals surface area contributed by atoms with Crippen molar-refractivity contribution in [3.8, 4) is 0 Å². The lowest BCUT2D eigenvalue weighted by Crippen LogP contribution is -2.46. The molecule has 1 aliphatic rings. The van der Waals surface area contributed by atoms with Crippen LogP contribution in [0.25, 0.3) is 0 Å². The molecule has 1 aliphatic heterocycles. The predicted octanol–water partition coefficient (Wildman–Crippen LogP) is 2.76. The van der Waals surface area contributed by atoms with Crippen LogP contribution in [0.15, 0.2) is 18.3 Å². The standard InChI is InChI=1S/C17H21F3N4O/c1-11(2)24-9-16(21-22-24)17(25)4-3-5-23(10-17)8-12-6-14(19)15(20)7-13(12)18/h6-7,9,11,25H,3-5,8,10H2,1-2H3. The topological polar surface area (TPSA) is 54.2 Å². The molecule has 1 atom stereocenters. The van der Waals surface area contributed by atoms with Gasteiger partial charge in [0.05, 0.1) is 6.20 Å². The highest BCUT2D eigenvalue weighted by Crippen LogP contribution is 2.31. The lowest BCUT2D eigenvalue weighted by atomic mass is 9.89. The fraction of sp³-hybridized carbons (Fsp3) is 0.529. The maximum absolute atomic E-state index is 13.9. The maximum Gasteiger partial charge on any atom is 0.161 e. The van der Waals surface area contributed by atoms with Crippen LogP contribution in [-0.2, 0) is 12.1 Å². The van der Waals surface area contributed by atoms with Crippen molar-refractivity contribution in [1.82, 2.24) is 19.9 Å². The Hall–Kier alpha value is -1.93. The molecule has 136 valence electrons. The monoisotopic (exact) mass is 354 g/mol. The van der Waals surface area contributed by atoms with Crippen LogP contribution in [0.2, 0.25) is 0 Å². The lowest BCUT2D eigenvalue weighted by molar-refractivity contribution is -0.0417. The first-order valence-electron chi connectivity index (χ1n) is 8.29. The number of halogens is 3. The second kappa shape index (κ2) is 6.76. The highest BCUT2D eigenvalue weighted by molar-refractivity contribution is 5.20. The Morgan fingerprint density at radius 3 is 2.60 bits per heavy atom. The zero-order chi connectivity index (χ0) is 18.2. The number of benzene rings is 1. The van der Waals surface area contributed by atoms with E-state index in [1.54, 1.807) is 10.9 Å². The minimum Gasteiger partial charge on any atom is -0.382 e. The quantitative estimate of drug-likeness (QED) is 0.858. The van der Waals surface area contributed by atoms with E-state index < -0.39 is 23.1 Å². The van der Waals surface area contributed by atoms with Gasteiger partial charge in [0.15, 0.2) is 11.6 Å². The summed E-state index contributed by atoms with van der Waals surface area (Å²) in [5.74, 6) is -3.08. The summed E-state index contributed by atoms with van der Waals surface area (Å²) in [7, 11) is 0. The first-order valence-corrected chi connectivity index (χ1v) is 8.29. The van der Waals surface area contributed by atoms with Gasteiger partial charge in [0.2, 0.25) is 0 Å². The van der Waals surface area contributed by atoms with Crippen molar-refractivity contribution in [2.24, 2.45) is 0 Å². The van der Waals surface area contributed by atoms with Crippen LogP contribution >= 0.6 is 0 Å². The lowest BCUT2D eigenvalue weighted by Gasteiger charge is -2.38. The van der Waals surface area contributed by atoms with Crippen LogP contribution in [-0.4, -0.2) is 38.1 Å². The Morgan fingerprint density at radius 2 is 1.92 bits per heavy atom. The van der Waals surface area contributed by atoms with Crippen molar-refractivity contribution in [2.75, 3.05) is 13.1 Å². The maximum atomic E-state index is 13.9. The van der Waals surface area contributed by atoms with Crippen LogP contribution in [0.4, 0.5) is 13.2 Å². The molecular formula is C17H21F3N4O. The van der Waals surface area contributed by atoms with Gasteiger partial charge in [-0.2, -0.15) is 0 Å². The van der Waals surface area contributed by atoms with Crippen molar-refractivity contribution in [2.45, 2.75) is 44.9 Å². The molecule has 8 heteroatoms. The zero-order valence-electron chi connectivity index (χ0n) is 14.2. The zero-order valence-corrected chi connectivity index (χ0v) is 14.2. The largest absolute Gasteiger partial charge is 0.382 e. The van der Waals surface area contributed by atoms with E-state index in [1.807, 2.05) is 18.7 Å². The molecule has 0 amide bonds. The van der Waals surface area contributed by atoms with E-state index in [2.05, 4.69) is 10.3 Å². The van der Waals surface area contributed by atoms with Crippen molar-refractivity contribution in [3.05, 3.63) is 47.0 Å². The van der Waals surface area contributed by atoms with Gasteiger partial charge < -0.3 is 5.11 Å². The van der Waals surface area contributed by atoms with Crippen molar-refractivity contribution in [3.63, 3.8) is 0 Å². The summed E-state index contributed by atoms with van der Waals surface area (Å²) < 4.78 is 42.0. The van der Waals surface area contributed by atoms with Gasteiger partial charge in [0.25, 0.3) is 0 Å². The number of nitrogens with zero attached hydrogens (tertiary/aromatic N) is 4. The van der Waals surface area contributed by atoms with E-state index in [-0.39, 0.29) is 24.7 Å². The van der Waals surface area contributed by atoms with Gasteiger partial charge in [-0.15, -0.1) is 5.10 Å². The van der Waals surface area contributed by atoms with Crippen LogP contribution in [0.5, 0.6) is 0 Å². The summed E-state index contributed by atoms with van der Waals surface area (Å²) in [5, 5.41) is 19.1. The Morgan fingerprint density at radius 1 is 1.20 bits per heavy atom. The third-order valence-corrected chi connectivity index (χ3v) is 4.55. The predicted molar refractivity (Wildman–Crippen MR) is 85.1 cm³/mol. The van der Waals surface area contributed by atoms with Gasteiger partial charge in [-0.25, -0.2) is 17.9 Å². The number of likely N-dealkylation sites (tertiary alicyclic amines) is 1. The van der Waals surface area contributed by atoms with Gasteiger partial charge in [-0.1, -0.05) is 5.21 Å². The van der Waals surface area contributed by atoms with Gasteiger partial charge in [0.1, 0.15) is 17.1 Å². The second-order valence-corrected chi connectivity index (χ2v) is 6.88. The molecule has 3 rings (SSSR count). The summed E-state index contributed by atoms with van der Waals surface area (Å²) >= 11 is 0. The molecule has 0 bridgehead atoms. The molecule has 0 aliphatic carbocycles. The Bertz CT molecular complexity index is 764. The summed E-state index contributed by atoms with van der Waals surface area (Å²) in [5.41, 5.74) is -0.661. The van der Waals surface area contributed by atoms with Gasteiger partial charge >= 0.3 is 0 Å². The molecule has 1 saturated heterocycles. The van der Waals surface area contributed by atoms with Gasteiger partial charge in [-0.3, -0.25) is 4.90 Å². The SMILES string of the molecule is CC(C)n1cc(C2(O)CCCN(Cc3cc(F)c(F)cc3F)C2)nn1. The van der Waals surface area contributed by atoms with Crippen molar-refractivity contribution < 1.29 is 18.3 Å². The van der Waals surface area contributed by atoms with Crippen molar-refractivity contribution >= 4 is 0 Å². The molecule has 0 spiro atoms. The number of β-amino-alcohol motifs (C(OH)–C–C–N with tert-alkyl or cyclic N) is 1. The molecule has 1 fully saturated rings. The molecule has 2 heterocycles. The molecule has 2 aromatic rings. The fourth-order valence-corrected chi connectivity index (χ4v) is 3.14. The normalized spacial score (nSPS) is 21.9. The molecule has 0 radical (unpaired) electrons. The number of rotatable bonds is 4. The smallest absolute Gasteiger partial charge is 0.161 e. The highest BCUT2D eigenvalue weighted by Gasteiger charge is 2.37. The number of aromatic nitrogens is 3. The van der Waals surface area contributed by atoms with E-state index in [0.717, 1.165) is 6.07 Å². The average Bonchev–Trinajstić information content (AvgIpc) is 3.04. The average molecular weight is 354 g/mol. The third kappa shape index (κ3) is 3.69. The van der Waals surface area contributed by atoms with Crippen LogP contribution in [0.1, 0.15) is 44.0 Å². The molecule has 25 heavy (non-hydrogen) atoms. The summed E-state index contributed by atoms with van der Waals surface area (Å²) in [6, 6.07) is 1.54. The van der Waals surface area contributed by atoms with E-state index >= 15 is 0 Å². The number of hydrogen-bond acceptors (Lipinski definition) is 4. The Balaban J connectivity index is 1.77. The minimum atomic E-state index is -1.21. The molecule has 0 saturated carbocycles. The molecule has 1 unspecified atom stereocenters. The van der Waals surface area contributed by atoms with E-state index in [4.69, 9.17) is 0 Å². The molecule has 1 N–H and O–H groups in total. The second-order valence-electron chi connectivity index (χ2n) is 6.88. The molecular weight excluding hydrogens is 333 g/mol. The van der Waals surface area contributed by atoms with Crippen LogP contribution < -0.4 is 0 Å². The number of piperidine rings is 1. The van der Waals surface area contributed by atoms with E-state index in [1.165, 1.54) is 0 Å². The number of aliphatic hydroxyl groups is 1.